The van der Waals surface area contributed by atoms with Crippen LogP contribution in [0.2, 0.25) is 10.0 Å². The van der Waals surface area contributed by atoms with Gasteiger partial charge in [0.05, 0.1) is 10.0 Å². The molecule has 0 saturated carbocycles. The Labute approximate surface area is 133 Å². The third kappa shape index (κ3) is 6.23. The number of rotatable bonds is 6. The Kier molecular flexibility index (Phi) is 6.78. The minimum Gasteiger partial charge on any atom is -0.505 e. The van der Waals surface area contributed by atoms with Crippen molar-refractivity contribution < 1.29 is 14.7 Å². The highest BCUT2D eigenvalue weighted by molar-refractivity contribution is 6.37. The van der Waals surface area contributed by atoms with Crippen molar-refractivity contribution >= 4 is 40.7 Å². The Balaban J connectivity index is 2.42. The molecule has 0 aliphatic carbocycles. The van der Waals surface area contributed by atoms with Gasteiger partial charge in [0.2, 0.25) is 11.8 Å². The fourth-order valence-corrected chi connectivity index (χ4v) is 2.15. The predicted molar refractivity (Wildman–Crippen MR) is 83.9 cm³/mol. The van der Waals surface area contributed by atoms with Crippen LogP contribution in [-0.4, -0.2) is 23.0 Å². The van der Waals surface area contributed by atoms with Crippen LogP contribution in [0.4, 0.5) is 5.69 Å². The topological polar surface area (TPSA) is 78.4 Å². The van der Waals surface area contributed by atoms with E-state index >= 15 is 0 Å². The fraction of sp³-hybridized carbons (Fsp3) is 0.429. The van der Waals surface area contributed by atoms with Crippen molar-refractivity contribution in [1.29, 1.82) is 0 Å². The molecule has 116 valence electrons. The first kappa shape index (κ1) is 17.6. The SMILES string of the molecule is CC(C)NC(=O)CCCC(=O)Nc1cc(Cl)c(O)c(Cl)c1. The molecular weight excluding hydrogens is 315 g/mol. The molecule has 0 aromatic heterocycles. The van der Waals surface area contributed by atoms with E-state index in [1.807, 2.05) is 13.8 Å². The molecule has 0 fully saturated rings. The normalized spacial score (nSPS) is 10.5. The molecule has 0 spiro atoms. The third-order valence-corrected chi connectivity index (χ3v) is 3.13. The Hall–Kier alpha value is -1.46. The van der Waals surface area contributed by atoms with Gasteiger partial charge in [-0.15, -0.1) is 0 Å². The van der Waals surface area contributed by atoms with Gasteiger partial charge in [-0.3, -0.25) is 9.59 Å². The second kappa shape index (κ2) is 8.10. The summed E-state index contributed by atoms with van der Waals surface area (Å²) in [5.74, 6) is -0.541. The van der Waals surface area contributed by atoms with E-state index in [-0.39, 0.29) is 40.1 Å². The van der Waals surface area contributed by atoms with Crippen molar-refractivity contribution in [2.45, 2.75) is 39.2 Å². The average Bonchev–Trinajstić information content (AvgIpc) is 2.34. The minimum atomic E-state index is -0.245. The van der Waals surface area contributed by atoms with Crippen LogP contribution in [0.15, 0.2) is 12.1 Å². The maximum atomic E-state index is 11.7. The van der Waals surface area contributed by atoms with Gasteiger partial charge in [0, 0.05) is 24.6 Å². The number of anilines is 1. The summed E-state index contributed by atoms with van der Waals surface area (Å²) in [6, 6.07) is 2.91. The van der Waals surface area contributed by atoms with Gasteiger partial charge in [-0.2, -0.15) is 0 Å². The smallest absolute Gasteiger partial charge is 0.224 e. The standard InChI is InChI=1S/C14H18Cl2N2O3/c1-8(2)17-12(19)4-3-5-13(20)18-9-6-10(15)14(21)11(16)7-9/h6-8,21H,3-5H2,1-2H3,(H,17,19)(H,18,20). The summed E-state index contributed by atoms with van der Waals surface area (Å²) >= 11 is 11.5. The van der Waals surface area contributed by atoms with E-state index in [9.17, 15) is 14.7 Å². The van der Waals surface area contributed by atoms with Gasteiger partial charge < -0.3 is 15.7 Å². The van der Waals surface area contributed by atoms with Crippen molar-refractivity contribution in [3.8, 4) is 5.75 Å². The minimum absolute atomic E-state index is 0.0640. The zero-order valence-corrected chi connectivity index (χ0v) is 13.4. The molecule has 0 aliphatic heterocycles. The van der Waals surface area contributed by atoms with Crippen LogP contribution in [-0.2, 0) is 9.59 Å². The van der Waals surface area contributed by atoms with E-state index in [1.54, 1.807) is 0 Å². The number of halogens is 2. The number of amides is 2. The lowest BCUT2D eigenvalue weighted by Gasteiger charge is -2.09. The molecule has 0 saturated heterocycles. The molecule has 2 amide bonds. The first-order chi connectivity index (χ1) is 9.79. The highest BCUT2D eigenvalue weighted by Gasteiger charge is 2.10. The van der Waals surface area contributed by atoms with E-state index in [2.05, 4.69) is 10.6 Å². The quantitative estimate of drug-likeness (QED) is 0.699. The van der Waals surface area contributed by atoms with Crippen molar-refractivity contribution in [2.75, 3.05) is 5.32 Å². The van der Waals surface area contributed by atoms with Gasteiger partial charge in [-0.1, -0.05) is 23.2 Å². The summed E-state index contributed by atoms with van der Waals surface area (Å²) in [4.78, 5) is 23.1. The number of carbonyl (C=O) groups excluding carboxylic acids is 2. The molecule has 1 aromatic rings. The summed E-state index contributed by atoms with van der Waals surface area (Å²) in [6.07, 6.45) is 0.953. The van der Waals surface area contributed by atoms with E-state index in [4.69, 9.17) is 23.2 Å². The zero-order chi connectivity index (χ0) is 16.0. The summed E-state index contributed by atoms with van der Waals surface area (Å²) in [7, 11) is 0. The molecule has 0 heterocycles. The Morgan fingerprint density at radius 3 is 2.19 bits per heavy atom. The van der Waals surface area contributed by atoms with Crippen LogP contribution in [0.1, 0.15) is 33.1 Å². The summed E-state index contributed by atoms with van der Waals surface area (Å²) in [6.45, 7) is 3.76. The number of carbonyl (C=O) groups is 2. The second-order valence-corrected chi connectivity index (χ2v) is 5.73. The molecule has 0 radical (unpaired) electrons. The van der Waals surface area contributed by atoms with Gasteiger partial charge in [0.25, 0.3) is 0 Å². The highest BCUT2D eigenvalue weighted by Crippen LogP contribution is 2.34. The Morgan fingerprint density at radius 2 is 1.67 bits per heavy atom. The molecule has 1 rings (SSSR count). The monoisotopic (exact) mass is 332 g/mol. The lowest BCUT2D eigenvalue weighted by Crippen LogP contribution is -2.30. The first-order valence-corrected chi connectivity index (χ1v) is 7.32. The fourth-order valence-electron chi connectivity index (χ4n) is 1.66. The molecule has 3 N–H and O–H groups in total. The van der Waals surface area contributed by atoms with Gasteiger partial charge in [-0.05, 0) is 32.4 Å². The van der Waals surface area contributed by atoms with Crippen molar-refractivity contribution in [3.05, 3.63) is 22.2 Å². The average molecular weight is 333 g/mol. The van der Waals surface area contributed by atoms with Gasteiger partial charge in [0.15, 0.2) is 5.75 Å². The van der Waals surface area contributed by atoms with Crippen molar-refractivity contribution in [2.24, 2.45) is 0 Å². The number of nitrogens with one attached hydrogen (secondary N) is 2. The van der Waals surface area contributed by atoms with E-state index < -0.39 is 0 Å². The summed E-state index contributed by atoms with van der Waals surface area (Å²) < 4.78 is 0. The van der Waals surface area contributed by atoms with Crippen LogP contribution in [0.5, 0.6) is 5.75 Å². The van der Waals surface area contributed by atoms with Crippen LogP contribution in [0.25, 0.3) is 0 Å². The predicted octanol–water partition coefficient (Wildman–Crippen LogP) is 3.33. The molecule has 7 heteroatoms. The number of hydrogen-bond donors (Lipinski definition) is 3. The molecule has 1 aromatic carbocycles. The van der Waals surface area contributed by atoms with E-state index in [0.29, 0.717) is 18.5 Å². The number of benzene rings is 1. The molecule has 0 atom stereocenters. The maximum Gasteiger partial charge on any atom is 0.224 e. The largest absolute Gasteiger partial charge is 0.505 e. The van der Waals surface area contributed by atoms with Crippen molar-refractivity contribution in [3.63, 3.8) is 0 Å². The zero-order valence-electron chi connectivity index (χ0n) is 11.9. The second-order valence-electron chi connectivity index (χ2n) is 4.91. The Bertz CT molecular complexity index is 510. The van der Waals surface area contributed by atoms with Crippen LogP contribution in [0.3, 0.4) is 0 Å². The Morgan fingerprint density at radius 1 is 1.14 bits per heavy atom. The lowest BCUT2D eigenvalue weighted by atomic mass is 10.2. The number of aromatic hydroxyl groups is 1. The molecule has 0 bridgehead atoms. The number of phenolic OH excluding ortho intramolecular Hbond substituents is 1. The van der Waals surface area contributed by atoms with Gasteiger partial charge in [-0.25, -0.2) is 0 Å². The first-order valence-electron chi connectivity index (χ1n) is 6.57. The highest BCUT2D eigenvalue weighted by atomic mass is 35.5. The van der Waals surface area contributed by atoms with Crippen molar-refractivity contribution in [1.82, 2.24) is 5.32 Å². The number of hydrogen-bond acceptors (Lipinski definition) is 3. The maximum absolute atomic E-state index is 11.7. The molecular formula is C14H18Cl2N2O3. The lowest BCUT2D eigenvalue weighted by molar-refractivity contribution is -0.121. The molecule has 0 aliphatic rings. The van der Waals surface area contributed by atoms with Crippen LogP contribution < -0.4 is 10.6 Å². The third-order valence-electron chi connectivity index (χ3n) is 2.56. The van der Waals surface area contributed by atoms with Crippen LogP contribution >= 0.6 is 23.2 Å². The number of phenols is 1. The molecule has 21 heavy (non-hydrogen) atoms. The molecule has 5 nitrogen and oxygen atoms in total. The van der Waals surface area contributed by atoms with Crippen LogP contribution in [0, 0.1) is 0 Å². The van der Waals surface area contributed by atoms with Gasteiger partial charge in [0.1, 0.15) is 0 Å². The summed E-state index contributed by atoms with van der Waals surface area (Å²) in [5, 5.41) is 14.9. The summed E-state index contributed by atoms with van der Waals surface area (Å²) in [5.41, 5.74) is 0.402. The van der Waals surface area contributed by atoms with E-state index in [1.165, 1.54) is 12.1 Å². The van der Waals surface area contributed by atoms with Gasteiger partial charge >= 0.3 is 0 Å². The molecule has 0 unspecified atom stereocenters. The van der Waals surface area contributed by atoms with E-state index in [0.717, 1.165) is 0 Å².